The quantitative estimate of drug-likeness (QED) is 0.667. The van der Waals surface area contributed by atoms with Gasteiger partial charge in [0.2, 0.25) is 0 Å². The highest BCUT2D eigenvalue weighted by atomic mass is 16.3. The number of hydrogen-bond donors (Lipinski definition) is 2. The summed E-state index contributed by atoms with van der Waals surface area (Å²) in [4.78, 5) is 0. The third-order valence-corrected chi connectivity index (χ3v) is 6.34. The molecule has 0 spiro atoms. The molecule has 94 valence electrons. The number of aliphatic hydroxyl groups is 2. The fourth-order valence-electron chi connectivity index (χ4n) is 4.29. The highest BCUT2D eigenvalue weighted by molar-refractivity contribution is 5.11. The molecule has 4 atom stereocenters. The molecule has 2 fully saturated rings. The summed E-state index contributed by atoms with van der Waals surface area (Å²) >= 11 is 0. The van der Waals surface area contributed by atoms with Gasteiger partial charge < -0.3 is 10.2 Å². The van der Waals surface area contributed by atoms with E-state index in [1.807, 2.05) is 0 Å². The average Bonchev–Trinajstić information content (AvgIpc) is 2.20. The molecular weight excluding hydrogens is 200 g/mol. The summed E-state index contributed by atoms with van der Waals surface area (Å²) in [7, 11) is 0. The van der Waals surface area contributed by atoms with Crippen LogP contribution in [0, 0.1) is 16.2 Å². The van der Waals surface area contributed by atoms with E-state index in [0.717, 1.165) is 32.1 Å². The first-order valence-electron chi connectivity index (χ1n) is 6.62. The molecule has 2 aliphatic carbocycles. The van der Waals surface area contributed by atoms with Crippen LogP contribution in [0.5, 0.6) is 0 Å². The second-order valence-electron chi connectivity index (χ2n) is 6.93. The molecule has 2 rings (SSSR count). The summed E-state index contributed by atoms with van der Waals surface area (Å²) in [6.45, 7) is 8.85. The summed E-state index contributed by atoms with van der Waals surface area (Å²) in [6, 6.07) is 0. The van der Waals surface area contributed by atoms with Gasteiger partial charge in [0, 0.05) is 0 Å². The van der Waals surface area contributed by atoms with Crippen molar-refractivity contribution in [1.29, 1.82) is 0 Å². The van der Waals surface area contributed by atoms with Crippen LogP contribution in [-0.4, -0.2) is 22.4 Å². The fourth-order valence-corrected chi connectivity index (χ4v) is 4.29. The predicted octanol–water partition coefficient (Wildman–Crippen LogP) is 2.72. The lowest BCUT2D eigenvalue weighted by atomic mass is 9.41. The van der Waals surface area contributed by atoms with E-state index in [1.165, 1.54) is 0 Å². The van der Waals surface area contributed by atoms with Crippen molar-refractivity contribution in [3.63, 3.8) is 0 Å². The summed E-state index contributed by atoms with van der Waals surface area (Å²) in [5.74, 6) is 0. The summed E-state index contributed by atoms with van der Waals surface area (Å²) in [6.07, 6.45) is 4.51. The van der Waals surface area contributed by atoms with Gasteiger partial charge in [0.1, 0.15) is 0 Å². The van der Waals surface area contributed by atoms with Crippen LogP contribution in [0.25, 0.3) is 0 Å². The molecule has 2 saturated carbocycles. The van der Waals surface area contributed by atoms with Gasteiger partial charge in [-0.25, -0.2) is 0 Å². The monoisotopic (exact) mass is 226 g/mol. The summed E-state index contributed by atoms with van der Waals surface area (Å²) in [5.41, 5.74) is -0.0648. The van der Waals surface area contributed by atoms with Crippen LogP contribution in [0.15, 0.2) is 0 Å². The minimum Gasteiger partial charge on any atom is -0.393 e. The van der Waals surface area contributed by atoms with Crippen LogP contribution in [0.3, 0.4) is 0 Å². The van der Waals surface area contributed by atoms with Gasteiger partial charge in [-0.05, 0) is 41.9 Å². The summed E-state index contributed by atoms with van der Waals surface area (Å²) in [5, 5.41) is 20.6. The standard InChI is InChI=1S/C14H26O2/c1-12(2)10(15)7-9-13(3)11(16)6-5-8-14(12,13)4/h10-11,15-16H,5-9H2,1-4H3/t10-,11-,13+,14+/m0/s1. The number of rotatable bonds is 0. The van der Waals surface area contributed by atoms with Crippen LogP contribution in [0.1, 0.15) is 59.8 Å². The number of fused-ring (bicyclic) bond motifs is 1. The Morgan fingerprint density at radius 2 is 1.50 bits per heavy atom. The Balaban J connectivity index is 2.45. The minimum absolute atomic E-state index is 0.0199. The molecule has 0 aromatic heterocycles. The molecule has 2 aliphatic rings. The van der Waals surface area contributed by atoms with Crippen molar-refractivity contribution in [3.8, 4) is 0 Å². The third kappa shape index (κ3) is 1.26. The Bertz CT molecular complexity index is 286. The van der Waals surface area contributed by atoms with Crippen molar-refractivity contribution in [2.45, 2.75) is 72.0 Å². The lowest BCUT2D eigenvalue weighted by Crippen LogP contribution is -2.62. The van der Waals surface area contributed by atoms with Gasteiger partial charge in [0.15, 0.2) is 0 Å². The van der Waals surface area contributed by atoms with E-state index in [1.54, 1.807) is 0 Å². The van der Waals surface area contributed by atoms with Gasteiger partial charge in [0.25, 0.3) is 0 Å². The van der Waals surface area contributed by atoms with Crippen molar-refractivity contribution in [1.82, 2.24) is 0 Å². The Kier molecular flexibility index (Phi) is 2.67. The topological polar surface area (TPSA) is 40.5 Å². The maximum absolute atomic E-state index is 10.4. The second kappa shape index (κ2) is 3.46. The van der Waals surface area contributed by atoms with Crippen molar-refractivity contribution >= 4 is 0 Å². The molecule has 0 amide bonds. The average molecular weight is 226 g/mol. The predicted molar refractivity (Wildman–Crippen MR) is 65.1 cm³/mol. The summed E-state index contributed by atoms with van der Waals surface area (Å²) < 4.78 is 0. The zero-order valence-corrected chi connectivity index (χ0v) is 11.1. The SMILES string of the molecule is CC1(C)[C@@H](O)CC[C@]2(C)[C@@H](O)CCC[C@]12C. The van der Waals surface area contributed by atoms with E-state index in [9.17, 15) is 10.2 Å². The van der Waals surface area contributed by atoms with Crippen molar-refractivity contribution in [2.24, 2.45) is 16.2 Å². The zero-order chi connectivity index (χ0) is 12.2. The second-order valence-corrected chi connectivity index (χ2v) is 6.93. The smallest absolute Gasteiger partial charge is 0.0599 e. The van der Waals surface area contributed by atoms with E-state index >= 15 is 0 Å². The highest BCUT2D eigenvalue weighted by Gasteiger charge is 2.62. The Hall–Kier alpha value is -0.0800. The first kappa shape index (κ1) is 12.4. The molecule has 0 saturated heterocycles. The molecule has 2 N–H and O–H groups in total. The Morgan fingerprint density at radius 3 is 2.12 bits per heavy atom. The van der Waals surface area contributed by atoms with Crippen LogP contribution in [0.2, 0.25) is 0 Å². The highest BCUT2D eigenvalue weighted by Crippen LogP contribution is 2.65. The fraction of sp³-hybridized carbons (Fsp3) is 1.00. The lowest BCUT2D eigenvalue weighted by molar-refractivity contribution is -0.216. The van der Waals surface area contributed by atoms with Gasteiger partial charge in [-0.3, -0.25) is 0 Å². The lowest BCUT2D eigenvalue weighted by Gasteiger charge is -2.64. The van der Waals surface area contributed by atoms with Gasteiger partial charge in [-0.2, -0.15) is 0 Å². The molecule has 0 bridgehead atoms. The molecule has 0 radical (unpaired) electrons. The Labute approximate surface area is 99.1 Å². The Morgan fingerprint density at radius 1 is 0.875 bits per heavy atom. The van der Waals surface area contributed by atoms with E-state index < -0.39 is 0 Å². The molecule has 2 heteroatoms. The molecular formula is C14H26O2. The molecule has 0 aromatic rings. The largest absolute Gasteiger partial charge is 0.393 e. The zero-order valence-electron chi connectivity index (χ0n) is 11.1. The van der Waals surface area contributed by atoms with Crippen LogP contribution in [0.4, 0.5) is 0 Å². The molecule has 0 aliphatic heterocycles. The van der Waals surface area contributed by atoms with E-state index in [-0.39, 0.29) is 28.5 Å². The van der Waals surface area contributed by atoms with Crippen LogP contribution >= 0.6 is 0 Å². The van der Waals surface area contributed by atoms with Crippen molar-refractivity contribution < 1.29 is 10.2 Å². The molecule has 0 unspecified atom stereocenters. The van der Waals surface area contributed by atoms with Crippen molar-refractivity contribution in [2.75, 3.05) is 0 Å². The third-order valence-electron chi connectivity index (χ3n) is 6.34. The van der Waals surface area contributed by atoms with E-state index in [2.05, 4.69) is 27.7 Å². The maximum Gasteiger partial charge on any atom is 0.0599 e. The van der Waals surface area contributed by atoms with E-state index in [4.69, 9.17) is 0 Å². The first-order valence-corrected chi connectivity index (χ1v) is 6.62. The van der Waals surface area contributed by atoms with Crippen molar-refractivity contribution in [3.05, 3.63) is 0 Å². The maximum atomic E-state index is 10.4. The molecule has 16 heavy (non-hydrogen) atoms. The van der Waals surface area contributed by atoms with E-state index in [0.29, 0.717) is 0 Å². The molecule has 0 heterocycles. The van der Waals surface area contributed by atoms with Gasteiger partial charge in [-0.1, -0.05) is 34.1 Å². The van der Waals surface area contributed by atoms with Crippen LogP contribution in [-0.2, 0) is 0 Å². The molecule has 2 nitrogen and oxygen atoms in total. The number of aliphatic hydroxyl groups excluding tert-OH is 2. The minimum atomic E-state index is -0.226. The molecule has 0 aromatic carbocycles. The van der Waals surface area contributed by atoms with Gasteiger partial charge in [-0.15, -0.1) is 0 Å². The normalized spacial score (nSPS) is 52.1. The number of hydrogen-bond acceptors (Lipinski definition) is 2. The van der Waals surface area contributed by atoms with Gasteiger partial charge in [0.05, 0.1) is 12.2 Å². The van der Waals surface area contributed by atoms with Crippen LogP contribution < -0.4 is 0 Å². The van der Waals surface area contributed by atoms with Gasteiger partial charge >= 0.3 is 0 Å². The first-order chi connectivity index (χ1) is 7.26.